The van der Waals surface area contributed by atoms with E-state index in [0.29, 0.717) is 0 Å². The molecule has 0 bridgehead atoms. The van der Waals surface area contributed by atoms with Gasteiger partial charge in [0.25, 0.3) is 10.0 Å². The molecule has 0 saturated carbocycles. The van der Waals surface area contributed by atoms with Crippen molar-refractivity contribution in [3.05, 3.63) is 36.2 Å². The fraction of sp³-hybridized carbons (Fsp3) is 0.214. The van der Waals surface area contributed by atoms with Gasteiger partial charge in [-0.25, -0.2) is 12.7 Å². The molecule has 0 unspecified atom stereocenters. The minimum absolute atomic E-state index is 0.00865. The van der Waals surface area contributed by atoms with Crippen LogP contribution < -0.4 is 13.8 Å². The van der Waals surface area contributed by atoms with Crippen molar-refractivity contribution in [1.29, 1.82) is 0 Å². The molecule has 1 amide bonds. The molecule has 0 aliphatic carbocycles. The summed E-state index contributed by atoms with van der Waals surface area (Å²) in [4.78, 5) is 20.4. The Morgan fingerprint density at radius 2 is 1.83 bits per heavy atom. The van der Waals surface area contributed by atoms with E-state index in [1.165, 1.54) is 44.7 Å². The standard InChI is InChI=1S/C14H13N3O5S/c1-21-12-6-9(7-13(16-12)22-2)17-14(18)8-10-11(23(17,19)20)4-3-5-15-10/h3-7H,8H2,1-2H3. The molecule has 2 aromatic heterocycles. The Bertz CT molecular complexity index is 859. The zero-order chi connectivity index (χ0) is 16.6. The number of methoxy groups -OCH3 is 2. The van der Waals surface area contributed by atoms with Gasteiger partial charge in [0.2, 0.25) is 17.7 Å². The minimum Gasteiger partial charge on any atom is -0.481 e. The lowest BCUT2D eigenvalue weighted by atomic mass is 10.2. The van der Waals surface area contributed by atoms with Gasteiger partial charge in [-0.2, -0.15) is 4.98 Å². The van der Waals surface area contributed by atoms with Gasteiger partial charge >= 0.3 is 0 Å². The SMILES string of the molecule is COc1cc(N2C(=O)Cc3ncccc3S2(=O)=O)cc(OC)n1. The predicted octanol–water partition coefficient (Wildman–Crippen LogP) is 0.772. The molecule has 0 aromatic carbocycles. The van der Waals surface area contributed by atoms with E-state index in [-0.39, 0.29) is 34.5 Å². The van der Waals surface area contributed by atoms with Gasteiger partial charge in [-0.05, 0) is 12.1 Å². The largest absolute Gasteiger partial charge is 0.481 e. The van der Waals surface area contributed by atoms with Gasteiger partial charge in [-0.1, -0.05) is 0 Å². The van der Waals surface area contributed by atoms with E-state index < -0.39 is 15.9 Å². The summed E-state index contributed by atoms with van der Waals surface area (Å²) in [6.45, 7) is 0. The molecule has 0 N–H and O–H groups in total. The number of hydrogen-bond acceptors (Lipinski definition) is 7. The predicted molar refractivity (Wildman–Crippen MR) is 80.0 cm³/mol. The fourth-order valence-electron chi connectivity index (χ4n) is 2.32. The third-order valence-electron chi connectivity index (χ3n) is 3.33. The Labute approximate surface area is 132 Å². The Balaban J connectivity index is 2.19. The van der Waals surface area contributed by atoms with Crippen LogP contribution >= 0.6 is 0 Å². The van der Waals surface area contributed by atoms with Crippen LogP contribution in [0, 0.1) is 0 Å². The van der Waals surface area contributed by atoms with Gasteiger partial charge in [0.1, 0.15) is 4.90 Å². The molecule has 8 nitrogen and oxygen atoms in total. The lowest BCUT2D eigenvalue weighted by Gasteiger charge is -2.27. The number of carbonyl (C=O) groups excluding carboxylic acids is 1. The lowest BCUT2D eigenvalue weighted by molar-refractivity contribution is -0.117. The molecular formula is C14H13N3O5S. The van der Waals surface area contributed by atoms with Gasteiger partial charge in [-0.3, -0.25) is 9.78 Å². The maximum Gasteiger partial charge on any atom is 0.272 e. The zero-order valence-electron chi connectivity index (χ0n) is 12.4. The summed E-state index contributed by atoms with van der Waals surface area (Å²) in [6, 6.07) is 5.66. The highest BCUT2D eigenvalue weighted by Gasteiger charge is 2.38. The highest BCUT2D eigenvalue weighted by Crippen LogP contribution is 2.33. The number of rotatable bonds is 3. The Hall–Kier alpha value is -2.68. The quantitative estimate of drug-likeness (QED) is 0.817. The van der Waals surface area contributed by atoms with Crippen LogP contribution in [0.4, 0.5) is 5.69 Å². The van der Waals surface area contributed by atoms with Crippen molar-refractivity contribution in [2.24, 2.45) is 0 Å². The zero-order valence-corrected chi connectivity index (χ0v) is 13.2. The molecule has 23 heavy (non-hydrogen) atoms. The Morgan fingerprint density at radius 3 is 2.43 bits per heavy atom. The summed E-state index contributed by atoms with van der Waals surface area (Å²) in [5.41, 5.74) is 0.343. The van der Waals surface area contributed by atoms with Crippen LogP contribution in [0.25, 0.3) is 0 Å². The van der Waals surface area contributed by atoms with Crippen LogP contribution in [0.2, 0.25) is 0 Å². The average Bonchev–Trinajstić information content (AvgIpc) is 2.54. The number of fused-ring (bicyclic) bond motifs is 1. The minimum atomic E-state index is -4.05. The van der Waals surface area contributed by atoms with E-state index in [4.69, 9.17) is 9.47 Å². The van der Waals surface area contributed by atoms with Crippen molar-refractivity contribution < 1.29 is 22.7 Å². The Kier molecular flexibility index (Phi) is 3.64. The molecule has 0 spiro atoms. The summed E-state index contributed by atoms with van der Waals surface area (Å²) in [7, 11) is -1.28. The van der Waals surface area contributed by atoms with Crippen LogP contribution in [0.15, 0.2) is 35.4 Å². The molecule has 1 aliphatic heterocycles. The first-order valence-electron chi connectivity index (χ1n) is 6.59. The molecule has 0 radical (unpaired) electrons. The number of aromatic nitrogens is 2. The summed E-state index contributed by atoms with van der Waals surface area (Å²) in [5.74, 6) is -0.329. The Morgan fingerprint density at radius 1 is 1.17 bits per heavy atom. The van der Waals surface area contributed by atoms with Crippen molar-refractivity contribution in [2.45, 2.75) is 11.3 Å². The number of hydrogen-bond donors (Lipinski definition) is 0. The lowest BCUT2D eigenvalue weighted by Crippen LogP contribution is -2.42. The van der Waals surface area contributed by atoms with E-state index in [0.717, 1.165) is 4.31 Å². The van der Waals surface area contributed by atoms with Gasteiger partial charge in [-0.15, -0.1) is 0 Å². The fourth-order valence-corrected chi connectivity index (χ4v) is 3.90. The third-order valence-corrected chi connectivity index (χ3v) is 5.15. The molecule has 3 heterocycles. The maximum atomic E-state index is 12.8. The molecule has 9 heteroatoms. The highest BCUT2D eigenvalue weighted by molar-refractivity contribution is 7.93. The van der Waals surface area contributed by atoms with Crippen molar-refractivity contribution in [1.82, 2.24) is 9.97 Å². The first-order valence-corrected chi connectivity index (χ1v) is 8.03. The summed E-state index contributed by atoms with van der Waals surface area (Å²) < 4.78 is 36.3. The van der Waals surface area contributed by atoms with Gasteiger partial charge in [0.15, 0.2) is 0 Å². The monoisotopic (exact) mass is 335 g/mol. The smallest absolute Gasteiger partial charge is 0.272 e. The molecule has 120 valence electrons. The normalized spacial score (nSPS) is 15.9. The van der Waals surface area contributed by atoms with Crippen molar-refractivity contribution in [3.63, 3.8) is 0 Å². The maximum absolute atomic E-state index is 12.8. The van der Waals surface area contributed by atoms with Gasteiger partial charge in [0.05, 0.1) is 32.0 Å². The number of carbonyl (C=O) groups is 1. The number of pyridine rings is 2. The highest BCUT2D eigenvalue weighted by atomic mass is 32.2. The summed E-state index contributed by atoms with van der Waals surface area (Å²) in [5, 5.41) is 0. The van der Waals surface area contributed by atoms with Gasteiger partial charge in [0, 0.05) is 18.3 Å². The van der Waals surface area contributed by atoms with Crippen LogP contribution in [0.5, 0.6) is 11.8 Å². The number of amides is 1. The molecular weight excluding hydrogens is 322 g/mol. The molecule has 0 atom stereocenters. The molecule has 1 aliphatic rings. The second-order valence-electron chi connectivity index (χ2n) is 4.70. The summed E-state index contributed by atoms with van der Waals surface area (Å²) in [6.07, 6.45) is 1.35. The first kappa shape index (κ1) is 15.2. The number of anilines is 1. The van der Waals surface area contributed by atoms with E-state index in [2.05, 4.69) is 9.97 Å². The first-order chi connectivity index (χ1) is 11.0. The van der Waals surface area contributed by atoms with E-state index >= 15 is 0 Å². The number of ether oxygens (including phenoxy) is 2. The number of sulfonamides is 1. The molecule has 0 saturated heterocycles. The summed E-state index contributed by atoms with van der Waals surface area (Å²) >= 11 is 0. The van der Waals surface area contributed by atoms with Crippen LogP contribution in [0.3, 0.4) is 0 Å². The van der Waals surface area contributed by atoms with E-state index in [1.807, 2.05) is 0 Å². The number of nitrogens with zero attached hydrogens (tertiary/aromatic N) is 3. The van der Waals surface area contributed by atoms with E-state index in [9.17, 15) is 13.2 Å². The van der Waals surface area contributed by atoms with E-state index in [1.54, 1.807) is 0 Å². The topological polar surface area (TPSA) is 98.7 Å². The van der Waals surface area contributed by atoms with Crippen molar-refractivity contribution in [2.75, 3.05) is 18.5 Å². The average molecular weight is 335 g/mol. The van der Waals surface area contributed by atoms with Gasteiger partial charge < -0.3 is 9.47 Å². The second-order valence-corrected chi connectivity index (χ2v) is 6.45. The van der Waals surface area contributed by atoms with Crippen LogP contribution in [-0.2, 0) is 21.2 Å². The van der Waals surface area contributed by atoms with Crippen molar-refractivity contribution >= 4 is 21.6 Å². The van der Waals surface area contributed by atoms with Crippen molar-refractivity contribution in [3.8, 4) is 11.8 Å². The van der Waals surface area contributed by atoms with Crippen LogP contribution in [-0.4, -0.2) is 38.5 Å². The molecule has 2 aromatic rings. The molecule has 0 fully saturated rings. The second kappa shape index (κ2) is 5.51. The van der Waals surface area contributed by atoms with Crippen LogP contribution in [0.1, 0.15) is 5.69 Å². The molecule has 3 rings (SSSR count). The third kappa shape index (κ3) is 2.48.